The van der Waals surface area contributed by atoms with Gasteiger partial charge in [0.2, 0.25) is 0 Å². The number of sulfonamides is 1. The zero-order valence-electron chi connectivity index (χ0n) is 13.0. The molecule has 0 aliphatic carbocycles. The monoisotopic (exact) mass is 361 g/mol. The Bertz CT molecular complexity index is 1100. The lowest BCUT2D eigenvalue weighted by Gasteiger charge is -2.11. The van der Waals surface area contributed by atoms with Crippen LogP contribution < -0.4 is 19.9 Å². The maximum absolute atomic E-state index is 12.6. The molecule has 0 spiro atoms. The van der Waals surface area contributed by atoms with E-state index < -0.39 is 10.0 Å². The summed E-state index contributed by atoms with van der Waals surface area (Å²) >= 11 is 0. The summed E-state index contributed by atoms with van der Waals surface area (Å²) in [6, 6.07) is 9.24. The maximum atomic E-state index is 12.6. The Morgan fingerprint density at radius 1 is 0.920 bits per heavy atom. The number of anilines is 1. The summed E-state index contributed by atoms with van der Waals surface area (Å²) in [4.78, 5) is 16.5. The lowest BCUT2D eigenvalue weighted by molar-refractivity contribution is 0.297. The zero-order valence-corrected chi connectivity index (χ0v) is 13.9. The van der Waals surface area contributed by atoms with E-state index in [1.807, 2.05) is 0 Å². The molecule has 9 heteroatoms. The maximum Gasteiger partial charge on any atom is 0.323 e. The van der Waals surface area contributed by atoms with Crippen molar-refractivity contribution in [2.24, 2.45) is 0 Å². The van der Waals surface area contributed by atoms with Gasteiger partial charge in [-0.05, 0) is 30.3 Å². The van der Waals surface area contributed by atoms with E-state index in [1.54, 1.807) is 18.2 Å². The van der Waals surface area contributed by atoms with E-state index in [-0.39, 0.29) is 10.6 Å². The van der Waals surface area contributed by atoms with Gasteiger partial charge < -0.3 is 19.4 Å². The van der Waals surface area contributed by atoms with Gasteiger partial charge in [0.05, 0.1) is 34.8 Å². The third-order valence-corrected chi connectivity index (χ3v) is 5.18. The van der Waals surface area contributed by atoms with Crippen molar-refractivity contribution in [3.63, 3.8) is 0 Å². The number of aromatic amines is 2. The molecule has 1 aromatic heterocycles. The van der Waals surface area contributed by atoms with Crippen LogP contribution in [-0.4, -0.2) is 31.6 Å². The predicted octanol–water partition coefficient (Wildman–Crippen LogP) is 1.82. The summed E-state index contributed by atoms with van der Waals surface area (Å²) in [6.45, 7) is 1.08. The second-order valence-corrected chi connectivity index (χ2v) is 7.29. The average Bonchev–Trinajstić information content (AvgIpc) is 2.79. The van der Waals surface area contributed by atoms with Crippen molar-refractivity contribution in [1.82, 2.24) is 9.97 Å². The molecule has 8 nitrogen and oxygen atoms in total. The molecule has 0 unspecified atom stereocenters. The van der Waals surface area contributed by atoms with Gasteiger partial charge in [-0.3, -0.25) is 4.72 Å². The number of hydrogen-bond donors (Lipinski definition) is 3. The number of rotatable bonds is 3. The van der Waals surface area contributed by atoms with Crippen molar-refractivity contribution in [2.45, 2.75) is 11.3 Å². The van der Waals surface area contributed by atoms with Crippen LogP contribution in [0.1, 0.15) is 6.42 Å². The van der Waals surface area contributed by atoms with Gasteiger partial charge in [0, 0.05) is 12.5 Å². The molecule has 1 aliphatic rings. The number of ether oxygens (including phenoxy) is 2. The molecule has 2 heterocycles. The van der Waals surface area contributed by atoms with E-state index in [2.05, 4.69) is 14.7 Å². The van der Waals surface area contributed by atoms with Crippen LogP contribution in [0.4, 0.5) is 5.69 Å². The van der Waals surface area contributed by atoms with Crippen LogP contribution in [0.15, 0.2) is 46.1 Å². The van der Waals surface area contributed by atoms with E-state index >= 15 is 0 Å². The summed E-state index contributed by atoms with van der Waals surface area (Å²) in [7, 11) is -3.81. The standard InChI is InChI=1S/C16H15N3O5S/c20-16-17-12-4-3-11(9-13(12)18-16)25(21,22)19-10-2-5-14-15(8-10)24-7-1-6-23-14/h2-5,8-9,19H,1,6-7H2,(H2,17,18,20). The van der Waals surface area contributed by atoms with E-state index in [0.717, 1.165) is 6.42 Å². The summed E-state index contributed by atoms with van der Waals surface area (Å²) < 4.78 is 38.8. The van der Waals surface area contributed by atoms with Gasteiger partial charge in [-0.15, -0.1) is 0 Å². The minimum Gasteiger partial charge on any atom is -0.490 e. The molecule has 0 saturated carbocycles. The van der Waals surface area contributed by atoms with Crippen LogP contribution in [0, 0.1) is 0 Å². The highest BCUT2D eigenvalue weighted by Crippen LogP contribution is 2.33. The molecule has 2 aromatic carbocycles. The van der Waals surface area contributed by atoms with E-state index in [1.165, 1.54) is 18.2 Å². The number of H-pyrrole nitrogens is 2. The lowest BCUT2D eigenvalue weighted by atomic mass is 10.3. The molecule has 25 heavy (non-hydrogen) atoms. The third kappa shape index (κ3) is 3.05. The fourth-order valence-electron chi connectivity index (χ4n) is 2.62. The molecule has 3 N–H and O–H groups in total. The third-order valence-electron chi connectivity index (χ3n) is 3.80. The van der Waals surface area contributed by atoms with E-state index in [9.17, 15) is 13.2 Å². The SMILES string of the molecule is O=c1[nH]c2ccc(S(=O)(=O)Nc3ccc4c(c3)OCCCO4)cc2[nH]1. The second-order valence-electron chi connectivity index (χ2n) is 5.60. The van der Waals surface area contributed by atoms with Crippen LogP contribution in [-0.2, 0) is 10.0 Å². The normalized spacial score (nSPS) is 14.2. The summed E-state index contributed by atoms with van der Waals surface area (Å²) in [5.41, 5.74) is 0.943. The molecule has 0 radical (unpaired) electrons. The Kier molecular flexibility index (Phi) is 3.65. The Balaban J connectivity index is 1.66. The Morgan fingerprint density at radius 2 is 1.68 bits per heavy atom. The quantitative estimate of drug-likeness (QED) is 0.658. The molecule has 0 saturated heterocycles. The van der Waals surface area contributed by atoms with Gasteiger partial charge in [-0.25, -0.2) is 13.2 Å². The lowest BCUT2D eigenvalue weighted by Crippen LogP contribution is -2.13. The Morgan fingerprint density at radius 3 is 2.52 bits per heavy atom. The van der Waals surface area contributed by atoms with Crippen LogP contribution in [0.5, 0.6) is 11.5 Å². The van der Waals surface area contributed by atoms with Gasteiger partial charge >= 0.3 is 5.69 Å². The highest BCUT2D eigenvalue weighted by molar-refractivity contribution is 7.92. The smallest absolute Gasteiger partial charge is 0.323 e. The van der Waals surface area contributed by atoms with E-state index in [4.69, 9.17) is 9.47 Å². The number of aromatic nitrogens is 2. The molecule has 1 aliphatic heterocycles. The molecule has 0 amide bonds. The molecule has 4 rings (SSSR count). The Hall–Kier alpha value is -2.94. The minimum absolute atomic E-state index is 0.0439. The number of imidazole rings is 1. The highest BCUT2D eigenvalue weighted by Gasteiger charge is 2.17. The number of nitrogens with one attached hydrogen (secondary N) is 3. The van der Waals surface area contributed by atoms with Gasteiger partial charge in [0.1, 0.15) is 0 Å². The van der Waals surface area contributed by atoms with Crippen LogP contribution in [0.3, 0.4) is 0 Å². The summed E-state index contributed by atoms with van der Waals surface area (Å²) in [5.74, 6) is 1.09. The van der Waals surface area contributed by atoms with Gasteiger partial charge in [0.15, 0.2) is 11.5 Å². The van der Waals surface area contributed by atoms with Crippen LogP contribution in [0.25, 0.3) is 11.0 Å². The van der Waals surface area contributed by atoms with E-state index in [0.29, 0.717) is 41.4 Å². The topological polar surface area (TPSA) is 113 Å². The molecular formula is C16H15N3O5S. The summed E-state index contributed by atoms with van der Waals surface area (Å²) in [5, 5.41) is 0. The summed E-state index contributed by atoms with van der Waals surface area (Å²) in [6.07, 6.45) is 0.768. The van der Waals surface area contributed by atoms with Gasteiger partial charge in [0.25, 0.3) is 10.0 Å². The number of hydrogen-bond acceptors (Lipinski definition) is 5. The first kappa shape index (κ1) is 15.6. The minimum atomic E-state index is -3.81. The fourth-order valence-corrected chi connectivity index (χ4v) is 3.69. The molecule has 0 bridgehead atoms. The van der Waals surface area contributed by atoms with Crippen LogP contribution >= 0.6 is 0 Å². The largest absolute Gasteiger partial charge is 0.490 e. The molecule has 130 valence electrons. The van der Waals surface area contributed by atoms with Crippen molar-refractivity contribution in [2.75, 3.05) is 17.9 Å². The van der Waals surface area contributed by atoms with Crippen molar-refractivity contribution in [1.29, 1.82) is 0 Å². The molecule has 0 fully saturated rings. The first-order valence-corrected chi connectivity index (χ1v) is 9.14. The molecule has 0 atom stereocenters. The van der Waals surface area contributed by atoms with Crippen molar-refractivity contribution >= 4 is 26.7 Å². The van der Waals surface area contributed by atoms with Gasteiger partial charge in [-0.2, -0.15) is 0 Å². The fraction of sp³-hybridized carbons (Fsp3) is 0.188. The van der Waals surface area contributed by atoms with Crippen molar-refractivity contribution < 1.29 is 17.9 Å². The average molecular weight is 361 g/mol. The molecule has 3 aromatic rings. The number of benzene rings is 2. The first-order chi connectivity index (χ1) is 12.0. The number of fused-ring (bicyclic) bond motifs is 2. The molecular weight excluding hydrogens is 346 g/mol. The first-order valence-electron chi connectivity index (χ1n) is 7.66. The Labute approximate surface area is 142 Å². The predicted molar refractivity (Wildman–Crippen MR) is 91.8 cm³/mol. The van der Waals surface area contributed by atoms with Crippen LogP contribution in [0.2, 0.25) is 0 Å². The highest BCUT2D eigenvalue weighted by atomic mass is 32.2. The van der Waals surface area contributed by atoms with Gasteiger partial charge in [-0.1, -0.05) is 0 Å². The second kappa shape index (κ2) is 5.85. The van der Waals surface area contributed by atoms with Crippen molar-refractivity contribution in [3.8, 4) is 11.5 Å². The zero-order chi connectivity index (χ0) is 17.4. The van der Waals surface area contributed by atoms with Crippen molar-refractivity contribution in [3.05, 3.63) is 46.9 Å².